The Morgan fingerprint density at radius 3 is 0.920 bits per heavy atom. The number of ether oxygens (including phenoxy) is 2. The second-order valence-corrected chi connectivity index (χ2v) is 3.91. The third-order valence-corrected chi connectivity index (χ3v) is 1.75. The number of rotatable bonds is 10. The number of hydrogen-bond donors (Lipinski definition) is 5. The lowest BCUT2D eigenvalue weighted by molar-refractivity contribution is -0.137. The Labute approximate surface area is 148 Å². The zero-order valence-corrected chi connectivity index (χ0v) is 15.1. The van der Waals surface area contributed by atoms with Crippen molar-refractivity contribution in [1.29, 1.82) is 0 Å². The van der Waals surface area contributed by atoms with E-state index in [2.05, 4.69) is 0 Å². The average Bonchev–Trinajstić information content (AvgIpc) is 2.59. The quantitative estimate of drug-likeness (QED) is 0.339. The van der Waals surface area contributed by atoms with Crippen LogP contribution < -0.4 is 0 Å². The number of aliphatic hydroxyl groups excluding tert-OH is 2. The van der Waals surface area contributed by atoms with Crippen molar-refractivity contribution in [1.82, 2.24) is 0 Å². The summed E-state index contributed by atoms with van der Waals surface area (Å²) >= 11 is 0. The second-order valence-electron chi connectivity index (χ2n) is 3.91. The summed E-state index contributed by atoms with van der Waals surface area (Å²) in [5.41, 5.74) is 0. The smallest absolute Gasteiger partial charge is 0.303 e. The highest BCUT2D eigenvalue weighted by atomic mass is 16.5. The van der Waals surface area contributed by atoms with Crippen LogP contribution in [0.5, 0.6) is 0 Å². The molecule has 0 aliphatic heterocycles. The minimum Gasteiger partial charge on any atom is -0.481 e. The normalized spacial score (nSPS) is 8.52. The molecule has 0 heterocycles. The van der Waals surface area contributed by atoms with Gasteiger partial charge in [0.2, 0.25) is 0 Å². The summed E-state index contributed by atoms with van der Waals surface area (Å²) in [6.45, 7) is 6.53. The van der Waals surface area contributed by atoms with Gasteiger partial charge in [0.25, 0.3) is 0 Å². The molecule has 0 aromatic carbocycles. The van der Waals surface area contributed by atoms with Crippen LogP contribution in [0, 0.1) is 0 Å². The van der Waals surface area contributed by atoms with Gasteiger partial charge in [-0.25, -0.2) is 0 Å². The summed E-state index contributed by atoms with van der Waals surface area (Å²) in [4.78, 5) is 28.1. The van der Waals surface area contributed by atoms with Crippen molar-refractivity contribution >= 4 is 17.9 Å². The summed E-state index contributed by atoms with van der Waals surface area (Å²) in [6, 6.07) is 0. The Hall–Kier alpha value is -1.75. The van der Waals surface area contributed by atoms with E-state index in [1.165, 1.54) is 0 Å². The fourth-order valence-electron chi connectivity index (χ4n) is 0.451. The first-order valence-electron chi connectivity index (χ1n) is 7.75. The number of carboxylic acids is 3. The highest BCUT2D eigenvalue weighted by molar-refractivity contribution is 5.66. The van der Waals surface area contributed by atoms with E-state index in [1.807, 2.05) is 0 Å². The van der Waals surface area contributed by atoms with Crippen molar-refractivity contribution in [3.63, 3.8) is 0 Å². The summed E-state index contributed by atoms with van der Waals surface area (Å²) in [5, 5.41) is 39.7. The van der Waals surface area contributed by atoms with Gasteiger partial charge in [0.05, 0.1) is 39.6 Å². The van der Waals surface area contributed by atoms with Gasteiger partial charge in [-0.2, -0.15) is 0 Å². The van der Waals surface area contributed by atoms with E-state index < -0.39 is 17.9 Å². The van der Waals surface area contributed by atoms with E-state index >= 15 is 0 Å². The van der Waals surface area contributed by atoms with Crippen molar-refractivity contribution in [2.45, 2.75) is 40.0 Å². The lowest BCUT2D eigenvalue weighted by atomic mass is 10.5. The molecule has 0 fully saturated rings. The number of aliphatic hydroxyl groups is 2. The van der Waals surface area contributed by atoms with Crippen molar-refractivity contribution in [2.24, 2.45) is 0 Å². The van der Waals surface area contributed by atoms with E-state index in [-0.39, 0.29) is 32.5 Å². The topological polar surface area (TPSA) is 171 Å². The maximum Gasteiger partial charge on any atom is 0.303 e. The first-order chi connectivity index (χ1) is 11.7. The standard InChI is InChI=1S/C6H14O4.3C3H6O2/c7-1-3-9-5-6-10-4-2-8;3*1-2-3(4)5/h7-8H,1-6H2;3*2H2,1H3,(H,4,5). The van der Waals surface area contributed by atoms with Crippen LogP contribution in [0.1, 0.15) is 40.0 Å². The van der Waals surface area contributed by atoms with Crippen LogP contribution in [0.25, 0.3) is 0 Å². The molecule has 5 N–H and O–H groups in total. The molecular weight excluding hydrogens is 340 g/mol. The lowest BCUT2D eigenvalue weighted by Gasteiger charge is -2.01. The lowest BCUT2D eigenvalue weighted by Crippen LogP contribution is -2.09. The Morgan fingerprint density at radius 1 is 0.600 bits per heavy atom. The second kappa shape index (κ2) is 30.2. The maximum absolute atomic E-state index is 9.37. The molecule has 152 valence electrons. The monoisotopic (exact) mass is 372 g/mol. The van der Waals surface area contributed by atoms with Crippen molar-refractivity contribution in [3.05, 3.63) is 0 Å². The van der Waals surface area contributed by atoms with Crippen molar-refractivity contribution in [2.75, 3.05) is 39.6 Å². The molecule has 0 aliphatic carbocycles. The van der Waals surface area contributed by atoms with E-state index in [0.717, 1.165) is 0 Å². The predicted octanol–water partition coefficient (Wildman–Crippen LogP) is 0.447. The molecule has 0 saturated carbocycles. The van der Waals surface area contributed by atoms with Crippen LogP contribution in [-0.2, 0) is 23.9 Å². The third-order valence-electron chi connectivity index (χ3n) is 1.75. The van der Waals surface area contributed by atoms with Gasteiger partial charge in [-0.15, -0.1) is 0 Å². The number of carboxylic acid groups (broad SMARTS) is 3. The van der Waals surface area contributed by atoms with E-state index in [1.54, 1.807) is 20.8 Å². The van der Waals surface area contributed by atoms with Crippen molar-refractivity contribution < 1.29 is 49.4 Å². The van der Waals surface area contributed by atoms with Gasteiger partial charge in [0.15, 0.2) is 0 Å². The van der Waals surface area contributed by atoms with Crippen LogP contribution in [0.3, 0.4) is 0 Å². The highest BCUT2D eigenvalue weighted by Gasteiger charge is 1.86. The Kier molecular flexibility index (Phi) is 37.5. The molecule has 0 aromatic heterocycles. The maximum atomic E-state index is 9.37. The van der Waals surface area contributed by atoms with E-state index in [9.17, 15) is 14.4 Å². The van der Waals surface area contributed by atoms with Crippen LogP contribution in [0.2, 0.25) is 0 Å². The Balaban J connectivity index is -0.000000126. The molecule has 25 heavy (non-hydrogen) atoms. The highest BCUT2D eigenvalue weighted by Crippen LogP contribution is 1.76. The summed E-state index contributed by atoms with van der Waals surface area (Å²) in [7, 11) is 0. The summed E-state index contributed by atoms with van der Waals surface area (Å²) < 4.78 is 9.75. The summed E-state index contributed by atoms with van der Waals surface area (Å²) in [5.74, 6) is -2.24. The van der Waals surface area contributed by atoms with Gasteiger partial charge in [0.1, 0.15) is 0 Å². The Bertz CT molecular complexity index is 253. The predicted molar refractivity (Wildman–Crippen MR) is 89.6 cm³/mol. The SMILES string of the molecule is CCC(=O)O.CCC(=O)O.CCC(=O)O.OCCOCCOCCO. The van der Waals surface area contributed by atoms with Gasteiger partial charge < -0.3 is 35.0 Å². The minimum absolute atomic E-state index is 0.0417. The van der Waals surface area contributed by atoms with E-state index in [0.29, 0.717) is 26.4 Å². The first-order valence-corrected chi connectivity index (χ1v) is 7.75. The fourth-order valence-corrected chi connectivity index (χ4v) is 0.451. The van der Waals surface area contributed by atoms with Crippen LogP contribution in [-0.4, -0.2) is 83.1 Å². The average molecular weight is 372 g/mol. The van der Waals surface area contributed by atoms with Gasteiger partial charge in [-0.1, -0.05) is 20.8 Å². The van der Waals surface area contributed by atoms with E-state index in [4.69, 9.17) is 35.0 Å². The number of aliphatic carboxylic acids is 3. The third kappa shape index (κ3) is 72.1. The van der Waals surface area contributed by atoms with Crippen LogP contribution in [0.15, 0.2) is 0 Å². The molecular formula is C15H32O10. The molecule has 0 aliphatic rings. The summed E-state index contributed by atoms with van der Waals surface area (Å²) in [6.07, 6.45) is 0.667. The molecule has 0 bridgehead atoms. The molecule has 0 radical (unpaired) electrons. The molecule has 0 rings (SSSR count). The first kappa shape index (κ1) is 31.1. The fraction of sp³-hybridized carbons (Fsp3) is 0.800. The van der Waals surface area contributed by atoms with Crippen LogP contribution in [0.4, 0.5) is 0 Å². The van der Waals surface area contributed by atoms with Crippen LogP contribution >= 0.6 is 0 Å². The molecule has 0 aromatic rings. The Morgan fingerprint density at radius 2 is 0.800 bits per heavy atom. The van der Waals surface area contributed by atoms with Gasteiger partial charge in [0, 0.05) is 19.3 Å². The molecule has 0 amide bonds. The molecule has 0 atom stereocenters. The number of hydrogen-bond acceptors (Lipinski definition) is 7. The van der Waals surface area contributed by atoms with Gasteiger partial charge in [-0.05, 0) is 0 Å². The molecule has 0 spiro atoms. The van der Waals surface area contributed by atoms with Crippen molar-refractivity contribution in [3.8, 4) is 0 Å². The van der Waals surface area contributed by atoms with Gasteiger partial charge in [-0.3, -0.25) is 14.4 Å². The number of carbonyl (C=O) groups is 3. The van der Waals surface area contributed by atoms with Gasteiger partial charge >= 0.3 is 17.9 Å². The largest absolute Gasteiger partial charge is 0.481 e. The molecule has 10 heteroatoms. The molecule has 0 saturated heterocycles. The molecule has 0 unspecified atom stereocenters. The zero-order chi connectivity index (χ0) is 20.5. The zero-order valence-electron chi connectivity index (χ0n) is 15.1. The minimum atomic E-state index is -0.745. The molecule has 10 nitrogen and oxygen atoms in total.